The number of carbonyl (C=O) groups is 1. The zero-order chi connectivity index (χ0) is 12.8. The lowest BCUT2D eigenvalue weighted by molar-refractivity contribution is -0.130. The van der Waals surface area contributed by atoms with Crippen molar-refractivity contribution in [1.29, 1.82) is 0 Å². The summed E-state index contributed by atoms with van der Waals surface area (Å²) in [5.74, 6) is 0.290. The van der Waals surface area contributed by atoms with E-state index in [1.165, 1.54) is 23.3 Å². The van der Waals surface area contributed by atoms with Crippen molar-refractivity contribution in [1.82, 2.24) is 4.90 Å². The fraction of sp³-hybridized carbons (Fsp3) is 0.533. The van der Waals surface area contributed by atoms with E-state index in [2.05, 4.69) is 18.4 Å². The van der Waals surface area contributed by atoms with Gasteiger partial charge in [0.15, 0.2) is 0 Å². The summed E-state index contributed by atoms with van der Waals surface area (Å²) in [5, 5.41) is 0. The van der Waals surface area contributed by atoms with Gasteiger partial charge >= 0.3 is 0 Å². The Morgan fingerprint density at radius 2 is 1.83 bits per heavy atom. The minimum atomic E-state index is 0.290. The van der Waals surface area contributed by atoms with Crippen molar-refractivity contribution < 1.29 is 4.79 Å². The molecular formula is C15H21NOS. The molecule has 2 rings (SSSR count). The van der Waals surface area contributed by atoms with Gasteiger partial charge in [-0.15, -0.1) is 11.8 Å². The number of rotatable bonds is 3. The Hall–Kier alpha value is -0.960. The number of likely N-dealkylation sites (tertiary alicyclic amines) is 1. The summed E-state index contributed by atoms with van der Waals surface area (Å²) < 4.78 is 0. The number of carbonyl (C=O) groups excluding carboxylic acids is 1. The molecule has 1 saturated heterocycles. The van der Waals surface area contributed by atoms with Crippen molar-refractivity contribution in [3.63, 3.8) is 0 Å². The maximum atomic E-state index is 12.3. The van der Waals surface area contributed by atoms with E-state index in [1.54, 1.807) is 11.8 Å². The van der Waals surface area contributed by atoms with Crippen molar-refractivity contribution in [3.05, 3.63) is 29.8 Å². The number of amides is 1. The summed E-state index contributed by atoms with van der Waals surface area (Å²) in [4.78, 5) is 15.6. The summed E-state index contributed by atoms with van der Waals surface area (Å²) in [5.41, 5.74) is 1.17. The fourth-order valence-corrected chi connectivity index (χ4v) is 3.06. The molecule has 0 N–H and O–H groups in total. The molecule has 1 aromatic rings. The van der Waals surface area contributed by atoms with Gasteiger partial charge in [0.05, 0.1) is 6.42 Å². The smallest absolute Gasteiger partial charge is 0.227 e. The molecule has 1 aliphatic heterocycles. The molecule has 0 aromatic heterocycles. The van der Waals surface area contributed by atoms with E-state index < -0.39 is 0 Å². The molecule has 1 heterocycles. The monoisotopic (exact) mass is 263 g/mol. The van der Waals surface area contributed by atoms with E-state index in [0.717, 1.165) is 25.9 Å². The molecule has 18 heavy (non-hydrogen) atoms. The highest BCUT2D eigenvalue weighted by Crippen LogP contribution is 2.21. The summed E-state index contributed by atoms with van der Waals surface area (Å²) in [6, 6.07) is 8.22. The van der Waals surface area contributed by atoms with Gasteiger partial charge in [0, 0.05) is 18.0 Å². The minimum Gasteiger partial charge on any atom is -0.342 e. The molecule has 0 spiro atoms. The van der Waals surface area contributed by atoms with E-state index in [1.807, 2.05) is 17.0 Å². The second-order valence-corrected chi connectivity index (χ2v) is 5.63. The number of benzene rings is 1. The van der Waals surface area contributed by atoms with Crippen LogP contribution in [0.15, 0.2) is 29.2 Å². The van der Waals surface area contributed by atoms with Crippen molar-refractivity contribution >= 4 is 17.7 Å². The summed E-state index contributed by atoms with van der Waals surface area (Å²) in [7, 11) is 0. The molecule has 1 fully saturated rings. The molecule has 0 unspecified atom stereocenters. The Labute approximate surface area is 114 Å². The van der Waals surface area contributed by atoms with Gasteiger partial charge in [0.1, 0.15) is 0 Å². The molecule has 1 amide bonds. The van der Waals surface area contributed by atoms with Crippen LogP contribution in [-0.4, -0.2) is 30.2 Å². The van der Waals surface area contributed by atoms with Gasteiger partial charge in [-0.1, -0.05) is 31.0 Å². The van der Waals surface area contributed by atoms with Crippen LogP contribution in [0.3, 0.4) is 0 Å². The predicted molar refractivity (Wildman–Crippen MR) is 77.0 cm³/mol. The van der Waals surface area contributed by atoms with Crippen LogP contribution in [0, 0.1) is 0 Å². The second kappa shape index (κ2) is 6.83. The standard InChI is InChI=1S/C15H21NOS/c1-18-14-9-5-4-8-13(14)12-15(17)16-10-6-2-3-7-11-16/h4-5,8-9H,2-3,6-7,10-12H2,1H3. The molecular weight excluding hydrogens is 242 g/mol. The van der Waals surface area contributed by atoms with Crippen LogP contribution in [0.4, 0.5) is 0 Å². The van der Waals surface area contributed by atoms with Gasteiger partial charge in [-0.05, 0) is 30.7 Å². The van der Waals surface area contributed by atoms with E-state index >= 15 is 0 Å². The first-order valence-electron chi connectivity index (χ1n) is 6.71. The Balaban J connectivity index is 2.01. The molecule has 0 atom stereocenters. The number of thioether (sulfide) groups is 1. The molecule has 0 aliphatic carbocycles. The molecule has 98 valence electrons. The first kappa shape index (κ1) is 13.5. The van der Waals surface area contributed by atoms with Gasteiger partial charge in [0.2, 0.25) is 5.91 Å². The van der Waals surface area contributed by atoms with Crippen LogP contribution in [0.5, 0.6) is 0 Å². The SMILES string of the molecule is CSc1ccccc1CC(=O)N1CCCCCC1. The van der Waals surface area contributed by atoms with E-state index in [-0.39, 0.29) is 0 Å². The highest BCUT2D eigenvalue weighted by atomic mass is 32.2. The first-order chi connectivity index (χ1) is 8.81. The van der Waals surface area contributed by atoms with E-state index in [0.29, 0.717) is 12.3 Å². The zero-order valence-electron chi connectivity index (χ0n) is 11.0. The van der Waals surface area contributed by atoms with E-state index in [9.17, 15) is 4.79 Å². The van der Waals surface area contributed by atoms with Crippen LogP contribution in [0.1, 0.15) is 31.2 Å². The lowest BCUT2D eigenvalue weighted by Crippen LogP contribution is -2.33. The maximum Gasteiger partial charge on any atom is 0.227 e. The molecule has 2 nitrogen and oxygen atoms in total. The Bertz CT molecular complexity index is 397. The van der Waals surface area contributed by atoms with Crippen LogP contribution in [0.25, 0.3) is 0 Å². The van der Waals surface area contributed by atoms with E-state index in [4.69, 9.17) is 0 Å². The summed E-state index contributed by atoms with van der Waals surface area (Å²) in [6.07, 6.45) is 7.48. The predicted octanol–water partition coefficient (Wildman–Crippen LogP) is 3.35. The van der Waals surface area contributed by atoms with Gasteiger partial charge in [-0.3, -0.25) is 4.79 Å². The van der Waals surface area contributed by atoms with Gasteiger partial charge in [0.25, 0.3) is 0 Å². The number of nitrogens with zero attached hydrogens (tertiary/aromatic N) is 1. The van der Waals surface area contributed by atoms with Gasteiger partial charge < -0.3 is 4.90 Å². The Kier molecular flexibility index (Phi) is 5.12. The molecule has 0 bridgehead atoms. The average Bonchev–Trinajstić information content (AvgIpc) is 2.68. The quantitative estimate of drug-likeness (QED) is 0.779. The van der Waals surface area contributed by atoms with Crippen molar-refractivity contribution in [2.45, 2.75) is 37.0 Å². The topological polar surface area (TPSA) is 20.3 Å². The summed E-state index contributed by atoms with van der Waals surface area (Å²) in [6.45, 7) is 1.89. The maximum absolute atomic E-state index is 12.3. The van der Waals surface area contributed by atoms with Crippen LogP contribution in [0.2, 0.25) is 0 Å². The van der Waals surface area contributed by atoms with Gasteiger partial charge in [-0.25, -0.2) is 0 Å². The Morgan fingerprint density at radius 1 is 1.17 bits per heavy atom. The first-order valence-corrected chi connectivity index (χ1v) is 7.93. The largest absolute Gasteiger partial charge is 0.342 e. The second-order valence-electron chi connectivity index (χ2n) is 4.78. The Morgan fingerprint density at radius 3 is 2.50 bits per heavy atom. The van der Waals surface area contributed by atoms with Crippen LogP contribution in [-0.2, 0) is 11.2 Å². The highest BCUT2D eigenvalue weighted by molar-refractivity contribution is 7.98. The third-order valence-electron chi connectivity index (χ3n) is 3.49. The number of hydrogen-bond acceptors (Lipinski definition) is 2. The lowest BCUT2D eigenvalue weighted by atomic mass is 10.1. The molecule has 0 radical (unpaired) electrons. The lowest BCUT2D eigenvalue weighted by Gasteiger charge is -2.20. The van der Waals surface area contributed by atoms with Crippen molar-refractivity contribution in [2.75, 3.05) is 19.3 Å². The molecule has 3 heteroatoms. The summed E-state index contributed by atoms with van der Waals surface area (Å²) >= 11 is 1.72. The molecule has 0 saturated carbocycles. The third kappa shape index (κ3) is 3.52. The minimum absolute atomic E-state index is 0.290. The van der Waals surface area contributed by atoms with Gasteiger partial charge in [-0.2, -0.15) is 0 Å². The fourth-order valence-electron chi connectivity index (χ4n) is 2.44. The third-order valence-corrected chi connectivity index (χ3v) is 4.33. The zero-order valence-corrected chi connectivity index (χ0v) is 11.8. The van der Waals surface area contributed by atoms with Crippen LogP contribution >= 0.6 is 11.8 Å². The number of hydrogen-bond donors (Lipinski definition) is 0. The average molecular weight is 263 g/mol. The molecule has 1 aliphatic rings. The van der Waals surface area contributed by atoms with Crippen molar-refractivity contribution in [3.8, 4) is 0 Å². The normalized spacial score (nSPS) is 16.4. The molecule has 1 aromatic carbocycles. The van der Waals surface area contributed by atoms with Crippen LogP contribution < -0.4 is 0 Å². The highest BCUT2D eigenvalue weighted by Gasteiger charge is 2.16. The van der Waals surface area contributed by atoms with Crippen molar-refractivity contribution in [2.24, 2.45) is 0 Å².